The second-order valence-electron chi connectivity index (χ2n) is 6.44. The molecule has 3 rings (SSSR count). The molecule has 1 heterocycles. The van der Waals surface area contributed by atoms with Gasteiger partial charge in [0.05, 0.1) is 18.6 Å². The van der Waals surface area contributed by atoms with Crippen LogP contribution in [-0.2, 0) is 11.3 Å². The van der Waals surface area contributed by atoms with Gasteiger partial charge in [-0.1, -0.05) is 18.2 Å². The van der Waals surface area contributed by atoms with Crippen LogP contribution in [0.1, 0.15) is 18.4 Å². The largest absolute Gasteiger partial charge is 0.379 e. The first kappa shape index (κ1) is 17.5. The molecule has 1 aliphatic carbocycles. The van der Waals surface area contributed by atoms with Gasteiger partial charge in [-0.25, -0.2) is 4.98 Å². The number of rotatable bonds is 8. The molecule has 1 saturated carbocycles. The van der Waals surface area contributed by atoms with Crippen LogP contribution in [0.5, 0.6) is 0 Å². The number of aromatic nitrogens is 2. The Balaban J connectivity index is 1.52. The van der Waals surface area contributed by atoms with Crippen molar-refractivity contribution in [3.05, 3.63) is 48.5 Å². The van der Waals surface area contributed by atoms with E-state index in [1.807, 2.05) is 37.3 Å². The van der Waals surface area contributed by atoms with Crippen molar-refractivity contribution in [2.45, 2.75) is 19.4 Å². The maximum atomic E-state index is 5.72. The zero-order valence-corrected chi connectivity index (χ0v) is 15.1. The minimum Gasteiger partial charge on any atom is -0.379 e. The summed E-state index contributed by atoms with van der Waals surface area (Å²) >= 11 is 0. The third-order valence-electron chi connectivity index (χ3n) is 4.41. The number of ether oxygens (including phenoxy) is 1. The Kier molecular flexibility index (Phi) is 6.06. The SMILES string of the molecule is CN=C(NCc1ccccc1-n1ccnc1)N(C)CCOCC1CC1. The average molecular weight is 341 g/mol. The number of guanidine groups is 1. The molecule has 0 atom stereocenters. The smallest absolute Gasteiger partial charge is 0.193 e. The molecule has 25 heavy (non-hydrogen) atoms. The number of aliphatic imine (C=N–C) groups is 1. The molecule has 0 bridgehead atoms. The number of imidazole rings is 1. The summed E-state index contributed by atoms with van der Waals surface area (Å²) in [6.07, 6.45) is 8.22. The standard InChI is InChI=1S/C19H27N5O/c1-20-19(23(2)11-12-25-14-16-7-8-16)22-13-17-5-3-4-6-18(17)24-10-9-21-15-24/h3-6,9-10,15-16H,7-8,11-14H2,1-2H3,(H,20,22). The Morgan fingerprint density at radius 1 is 1.40 bits per heavy atom. The van der Waals surface area contributed by atoms with Crippen molar-refractivity contribution in [1.82, 2.24) is 19.8 Å². The molecule has 0 saturated heterocycles. The molecule has 6 nitrogen and oxygen atoms in total. The van der Waals surface area contributed by atoms with Gasteiger partial charge in [0.2, 0.25) is 0 Å². The van der Waals surface area contributed by atoms with Crippen LogP contribution in [0.2, 0.25) is 0 Å². The summed E-state index contributed by atoms with van der Waals surface area (Å²) in [5, 5.41) is 3.44. The Bertz CT molecular complexity index is 679. The van der Waals surface area contributed by atoms with E-state index in [1.165, 1.54) is 18.4 Å². The van der Waals surface area contributed by atoms with Gasteiger partial charge in [-0.3, -0.25) is 4.99 Å². The lowest BCUT2D eigenvalue weighted by Gasteiger charge is -2.22. The third kappa shape index (κ3) is 5.06. The number of hydrogen-bond donors (Lipinski definition) is 1. The molecule has 1 aromatic carbocycles. The molecule has 0 radical (unpaired) electrons. The average Bonchev–Trinajstić information content (AvgIpc) is 3.30. The lowest BCUT2D eigenvalue weighted by molar-refractivity contribution is 0.115. The highest BCUT2D eigenvalue weighted by Crippen LogP contribution is 2.28. The molecule has 1 N–H and O–H groups in total. The number of para-hydroxylation sites is 1. The quantitative estimate of drug-likeness (QED) is 0.455. The fourth-order valence-electron chi connectivity index (χ4n) is 2.71. The Morgan fingerprint density at radius 2 is 2.24 bits per heavy atom. The first-order valence-electron chi connectivity index (χ1n) is 8.83. The minimum atomic E-state index is 0.703. The first-order chi connectivity index (χ1) is 12.3. The summed E-state index contributed by atoms with van der Waals surface area (Å²) in [7, 11) is 3.85. The van der Waals surface area contributed by atoms with Crippen LogP contribution >= 0.6 is 0 Å². The van der Waals surface area contributed by atoms with Crippen LogP contribution in [-0.4, -0.2) is 54.3 Å². The Hall–Kier alpha value is -2.34. The van der Waals surface area contributed by atoms with Crippen molar-refractivity contribution in [2.75, 3.05) is 33.9 Å². The van der Waals surface area contributed by atoms with Crippen molar-refractivity contribution in [1.29, 1.82) is 0 Å². The van der Waals surface area contributed by atoms with Gasteiger partial charge in [0.1, 0.15) is 0 Å². The van der Waals surface area contributed by atoms with Gasteiger partial charge in [0.15, 0.2) is 5.96 Å². The van der Waals surface area contributed by atoms with Gasteiger partial charge in [0, 0.05) is 46.2 Å². The van der Waals surface area contributed by atoms with E-state index in [4.69, 9.17) is 4.74 Å². The van der Waals surface area contributed by atoms with E-state index in [-0.39, 0.29) is 0 Å². The van der Waals surface area contributed by atoms with E-state index in [0.29, 0.717) is 6.54 Å². The molecule has 0 aliphatic heterocycles. The normalized spacial score (nSPS) is 14.6. The first-order valence-corrected chi connectivity index (χ1v) is 8.83. The highest BCUT2D eigenvalue weighted by atomic mass is 16.5. The van der Waals surface area contributed by atoms with Gasteiger partial charge in [-0.05, 0) is 30.4 Å². The third-order valence-corrected chi connectivity index (χ3v) is 4.41. The van der Waals surface area contributed by atoms with Crippen LogP contribution in [0.4, 0.5) is 0 Å². The maximum absolute atomic E-state index is 5.72. The maximum Gasteiger partial charge on any atom is 0.193 e. The lowest BCUT2D eigenvalue weighted by Crippen LogP contribution is -2.40. The van der Waals surface area contributed by atoms with E-state index in [0.717, 1.165) is 37.3 Å². The lowest BCUT2D eigenvalue weighted by atomic mass is 10.1. The topological polar surface area (TPSA) is 54.7 Å². The van der Waals surface area contributed by atoms with E-state index >= 15 is 0 Å². The molecule has 1 aliphatic rings. The van der Waals surface area contributed by atoms with Crippen LogP contribution in [0, 0.1) is 5.92 Å². The van der Waals surface area contributed by atoms with Gasteiger partial charge >= 0.3 is 0 Å². The van der Waals surface area contributed by atoms with Crippen LogP contribution in [0.15, 0.2) is 48.0 Å². The molecule has 0 unspecified atom stereocenters. The summed E-state index contributed by atoms with van der Waals surface area (Å²) in [6.45, 7) is 3.17. The van der Waals surface area contributed by atoms with Crippen LogP contribution < -0.4 is 5.32 Å². The zero-order valence-electron chi connectivity index (χ0n) is 15.1. The molecule has 0 amide bonds. The molecule has 2 aromatic rings. The zero-order chi connectivity index (χ0) is 17.5. The number of nitrogens with one attached hydrogen (secondary N) is 1. The Labute approximate surface area is 149 Å². The summed E-state index contributed by atoms with van der Waals surface area (Å²) < 4.78 is 7.74. The van der Waals surface area contributed by atoms with Crippen molar-refractivity contribution < 1.29 is 4.74 Å². The molecule has 1 fully saturated rings. The summed E-state index contributed by atoms with van der Waals surface area (Å²) in [5.41, 5.74) is 2.32. The van der Waals surface area contributed by atoms with Gasteiger partial charge < -0.3 is 19.5 Å². The van der Waals surface area contributed by atoms with Gasteiger partial charge in [-0.2, -0.15) is 0 Å². The number of benzene rings is 1. The molecular weight excluding hydrogens is 314 g/mol. The minimum absolute atomic E-state index is 0.703. The second kappa shape index (κ2) is 8.67. The van der Waals surface area contributed by atoms with Crippen molar-refractivity contribution in [3.63, 3.8) is 0 Å². The second-order valence-corrected chi connectivity index (χ2v) is 6.44. The predicted molar refractivity (Wildman–Crippen MR) is 99.9 cm³/mol. The van der Waals surface area contributed by atoms with Crippen molar-refractivity contribution in [2.24, 2.45) is 10.9 Å². The van der Waals surface area contributed by atoms with E-state index < -0.39 is 0 Å². The Morgan fingerprint density at radius 3 is 2.96 bits per heavy atom. The van der Waals surface area contributed by atoms with Gasteiger partial charge in [-0.15, -0.1) is 0 Å². The molecule has 0 spiro atoms. The monoisotopic (exact) mass is 341 g/mol. The number of nitrogens with zero attached hydrogens (tertiary/aromatic N) is 4. The number of hydrogen-bond acceptors (Lipinski definition) is 3. The van der Waals surface area contributed by atoms with E-state index in [2.05, 4.69) is 38.4 Å². The van der Waals surface area contributed by atoms with E-state index in [1.54, 1.807) is 6.20 Å². The van der Waals surface area contributed by atoms with Gasteiger partial charge in [0.25, 0.3) is 0 Å². The van der Waals surface area contributed by atoms with Crippen LogP contribution in [0.3, 0.4) is 0 Å². The molecule has 1 aromatic heterocycles. The summed E-state index contributed by atoms with van der Waals surface area (Å²) in [5.74, 6) is 1.68. The predicted octanol–water partition coefficient (Wildman–Crippen LogP) is 2.31. The van der Waals surface area contributed by atoms with Crippen molar-refractivity contribution in [3.8, 4) is 5.69 Å². The molecular formula is C19H27N5O. The highest BCUT2D eigenvalue weighted by Gasteiger charge is 2.21. The van der Waals surface area contributed by atoms with Crippen molar-refractivity contribution >= 4 is 5.96 Å². The fourth-order valence-corrected chi connectivity index (χ4v) is 2.71. The highest BCUT2D eigenvalue weighted by molar-refractivity contribution is 5.79. The molecule has 6 heteroatoms. The fraction of sp³-hybridized carbons (Fsp3) is 0.474. The summed E-state index contributed by atoms with van der Waals surface area (Å²) in [6, 6.07) is 8.30. The van der Waals surface area contributed by atoms with E-state index in [9.17, 15) is 0 Å². The summed E-state index contributed by atoms with van der Waals surface area (Å²) in [4.78, 5) is 10.6. The molecule has 134 valence electrons. The van der Waals surface area contributed by atoms with Crippen LogP contribution in [0.25, 0.3) is 5.69 Å². The number of likely N-dealkylation sites (N-methyl/N-ethyl adjacent to an activating group) is 1.